The van der Waals surface area contributed by atoms with Crippen molar-refractivity contribution in [2.75, 3.05) is 46.6 Å². The summed E-state index contributed by atoms with van der Waals surface area (Å²) in [5.74, 6) is 1.45. The standard InChI is InChI=1S/C16H21N3O3/c1-20-15-10-14-13(11-17-12-18-14)9-16(15)22-6-2-3-19-4-7-21-8-5-19/h9-12H,2-8H2,1H3. The molecule has 6 heteroatoms. The van der Waals surface area contributed by atoms with Gasteiger partial charge in [-0.05, 0) is 12.5 Å². The average Bonchev–Trinajstić information content (AvgIpc) is 2.59. The van der Waals surface area contributed by atoms with Crippen LogP contribution in [0.1, 0.15) is 6.42 Å². The minimum Gasteiger partial charge on any atom is -0.493 e. The molecule has 2 aromatic rings. The molecule has 1 saturated heterocycles. The summed E-state index contributed by atoms with van der Waals surface area (Å²) >= 11 is 0. The summed E-state index contributed by atoms with van der Waals surface area (Å²) < 4.78 is 16.6. The highest BCUT2D eigenvalue weighted by atomic mass is 16.5. The predicted octanol–water partition coefficient (Wildman–Crippen LogP) is 1.74. The van der Waals surface area contributed by atoms with E-state index in [2.05, 4.69) is 14.9 Å². The maximum absolute atomic E-state index is 5.89. The lowest BCUT2D eigenvalue weighted by Crippen LogP contribution is -2.37. The Bertz CT molecular complexity index is 615. The lowest BCUT2D eigenvalue weighted by molar-refractivity contribution is 0.0357. The SMILES string of the molecule is COc1cc2ncncc2cc1OCCCN1CCOCC1. The molecule has 0 spiro atoms. The largest absolute Gasteiger partial charge is 0.493 e. The summed E-state index contributed by atoms with van der Waals surface area (Å²) in [6.07, 6.45) is 4.29. The Morgan fingerprint density at radius 2 is 2.09 bits per heavy atom. The van der Waals surface area contributed by atoms with Crippen LogP contribution in [-0.4, -0.2) is 61.4 Å². The van der Waals surface area contributed by atoms with Crippen LogP contribution in [0.4, 0.5) is 0 Å². The fourth-order valence-electron chi connectivity index (χ4n) is 2.56. The molecule has 0 bridgehead atoms. The van der Waals surface area contributed by atoms with Crippen molar-refractivity contribution in [2.45, 2.75) is 6.42 Å². The molecule has 3 rings (SSSR count). The zero-order chi connectivity index (χ0) is 15.2. The van der Waals surface area contributed by atoms with Gasteiger partial charge in [-0.2, -0.15) is 0 Å². The highest BCUT2D eigenvalue weighted by Gasteiger charge is 2.11. The van der Waals surface area contributed by atoms with Crippen LogP contribution in [0.3, 0.4) is 0 Å². The molecule has 0 amide bonds. The van der Waals surface area contributed by atoms with Crippen LogP contribution in [0.5, 0.6) is 11.5 Å². The lowest BCUT2D eigenvalue weighted by atomic mass is 10.2. The average molecular weight is 303 g/mol. The molecule has 0 N–H and O–H groups in total. The van der Waals surface area contributed by atoms with E-state index in [0.717, 1.165) is 55.9 Å². The van der Waals surface area contributed by atoms with Crippen molar-refractivity contribution in [3.05, 3.63) is 24.7 Å². The van der Waals surface area contributed by atoms with Gasteiger partial charge in [-0.1, -0.05) is 0 Å². The van der Waals surface area contributed by atoms with Crippen molar-refractivity contribution in [3.8, 4) is 11.5 Å². The van der Waals surface area contributed by atoms with E-state index in [1.54, 1.807) is 13.3 Å². The minimum absolute atomic E-state index is 0.660. The molecule has 0 radical (unpaired) electrons. The second-order valence-electron chi connectivity index (χ2n) is 5.24. The summed E-state index contributed by atoms with van der Waals surface area (Å²) in [4.78, 5) is 10.7. The Balaban J connectivity index is 1.58. The number of hydrogen-bond donors (Lipinski definition) is 0. The normalized spacial score (nSPS) is 15.9. The summed E-state index contributed by atoms with van der Waals surface area (Å²) in [6.45, 7) is 5.38. The molecule has 118 valence electrons. The quantitative estimate of drug-likeness (QED) is 0.758. The van der Waals surface area contributed by atoms with Crippen molar-refractivity contribution in [1.29, 1.82) is 0 Å². The Labute approximate surface area is 130 Å². The molecule has 2 heterocycles. The Kier molecular flexibility index (Phi) is 5.03. The third-order valence-corrected chi connectivity index (χ3v) is 3.77. The van der Waals surface area contributed by atoms with Crippen molar-refractivity contribution in [3.63, 3.8) is 0 Å². The van der Waals surface area contributed by atoms with Crippen molar-refractivity contribution in [2.24, 2.45) is 0 Å². The van der Waals surface area contributed by atoms with Gasteiger partial charge in [-0.3, -0.25) is 4.90 Å². The fourth-order valence-corrected chi connectivity index (χ4v) is 2.56. The van der Waals surface area contributed by atoms with Crippen LogP contribution in [0, 0.1) is 0 Å². The van der Waals surface area contributed by atoms with Gasteiger partial charge < -0.3 is 14.2 Å². The summed E-state index contributed by atoms with van der Waals surface area (Å²) in [5, 5.41) is 0.950. The molecule has 0 saturated carbocycles. The number of benzene rings is 1. The summed E-state index contributed by atoms with van der Waals surface area (Å²) in [5.41, 5.74) is 0.854. The first kappa shape index (κ1) is 15.0. The van der Waals surface area contributed by atoms with Crippen LogP contribution < -0.4 is 9.47 Å². The Morgan fingerprint density at radius 1 is 1.23 bits per heavy atom. The van der Waals surface area contributed by atoms with Crippen LogP contribution >= 0.6 is 0 Å². The number of methoxy groups -OCH3 is 1. The van der Waals surface area contributed by atoms with Crippen LogP contribution in [0.2, 0.25) is 0 Å². The van der Waals surface area contributed by atoms with Crippen LogP contribution in [0.25, 0.3) is 10.9 Å². The molecule has 1 aromatic carbocycles. The van der Waals surface area contributed by atoms with Crippen LogP contribution in [0.15, 0.2) is 24.7 Å². The van der Waals surface area contributed by atoms with Gasteiger partial charge in [-0.25, -0.2) is 9.97 Å². The minimum atomic E-state index is 0.660. The van der Waals surface area contributed by atoms with E-state index in [1.807, 2.05) is 12.1 Å². The van der Waals surface area contributed by atoms with Crippen LogP contribution in [-0.2, 0) is 4.74 Å². The summed E-state index contributed by atoms with van der Waals surface area (Å²) in [6, 6.07) is 3.82. The van der Waals surface area contributed by atoms with Crippen molar-refractivity contribution < 1.29 is 14.2 Å². The molecule has 1 aromatic heterocycles. The molecule has 6 nitrogen and oxygen atoms in total. The Morgan fingerprint density at radius 3 is 2.91 bits per heavy atom. The maximum Gasteiger partial charge on any atom is 0.162 e. The first-order valence-corrected chi connectivity index (χ1v) is 7.57. The third kappa shape index (κ3) is 3.64. The number of fused-ring (bicyclic) bond motifs is 1. The molecular formula is C16H21N3O3. The third-order valence-electron chi connectivity index (χ3n) is 3.77. The van der Waals surface area contributed by atoms with E-state index in [4.69, 9.17) is 14.2 Å². The maximum atomic E-state index is 5.89. The van der Waals surface area contributed by atoms with E-state index < -0.39 is 0 Å². The highest BCUT2D eigenvalue weighted by Crippen LogP contribution is 2.31. The van der Waals surface area contributed by atoms with Gasteiger partial charge >= 0.3 is 0 Å². The number of morpholine rings is 1. The van der Waals surface area contributed by atoms with Gasteiger partial charge in [0.2, 0.25) is 0 Å². The first-order chi connectivity index (χ1) is 10.9. The highest BCUT2D eigenvalue weighted by molar-refractivity contribution is 5.81. The predicted molar refractivity (Wildman–Crippen MR) is 83.5 cm³/mol. The number of aromatic nitrogens is 2. The topological polar surface area (TPSA) is 56.7 Å². The van der Waals surface area contributed by atoms with Crippen molar-refractivity contribution in [1.82, 2.24) is 14.9 Å². The number of hydrogen-bond acceptors (Lipinski definition) is 6. The molecule has 22 heavy (non-hydrogen) atoms. The van der Waals surface area contributed by atoms with Gasteiger partial charge in [0.15, 0.2) is 11.5 Å². The Hall–Kier alpha value is -1.92. The first-order valence-electron chi connectivity index (χ1n) is 7.57. The molecule has 0 aliphatic carbocycles. The van der Waals surface area contributed by atoms with E-state index in [0.29, 0.717) is 12.4 Å². The second kappa shape index (κ2) is 7.38. The number of nitrogens with zero attached hydrogens (tertiary/aromatic N) is 3. The van der Waals surface area contributed by atoms with Gasteiger partial charge in [0.1, 0.15) is 6.33 Å². The zero-order valence-electron chi connectivity index (χ0n) is 12.8. The smallest absolute Gasteiger partial charge is 0.162 e. The van der Waals surface area contributed by atoms with Gasteiger partial charge in [0, 0.05) is 37.3 Å². The van der Waals surface area contributed by atoms with E-state index >= 15 is 0 Å². The zero-order valence-corrected chi connectivity index (χ0v) is 12.8. The van der Waals surface area contributed by atoms with Crippen molar-refractivity contribution >= 4 is 10.9 Å². The van der Waals surface area contributed by atoms with E-state index in [1.165, 1.54) is 6.33 Å². The second-order valence-corrected chi connectivity index (χ2v) is 5.24. The molecule has 0 unspecified atom stereocenters. The fraction of sp³-hybridized carbons (Fsp3) is 0.500. The number of rotatable bonds is 6. The molecular weight excluding hydrogens is 282 g/mol. The van der Waals surface area contributed by atoms with E-state index in [9.17, 15) is 0 Å². The monoisotopic (exact) mass is 303 g/mol. The molecule has 1 aliphatic rings. The van der Waals surface area contributed by atoms with E-state index in [-0.39, 0.29) is 0 Å². The molecule has 1 aliphatic heterocycles. The van der Waals surface area contributed by atoms with Gasteiger partial charge in [0.25, 0.3) is 0 Å². The lowest BCUT2D eigenvalue weighted by Gasteiger charge is -2.26. The molecule has 0 atom stereocenters. The number of ether oxygens (including phenoxy) is 3. The summed E-state index contributed by atoms with van der Waals surface area (Å²) in [7, 11) is 1.64. The molecule has 1 fully saturated rings. The van der Waals surface area contributed by atoms with Gasteiger partial charge in [-0.15, -0.1) is 0 Å². The van der Waals surface area contributed by atoms with Gasteiger partial charge in [0.05, 0.1) is 32.4 Å².